The first-order valence-corrected chi connectivity index (χ1v) is 8.37. The van der Waals surface area contributed by atoms with Crippen molar-refractivity contribution in [1.82, 2.24) is 4.90 Å². The number of aryl methyl sites for hydroxylation is 2. The smallest absolute Gasteiger partial charge is 0.307 e. The Morgan fingerprint density at radius 3 is 2.57 bits per heavy atom. The lowest BCUT2D eigenvalue weighted by Gasteiger charge is -2.15. The molecule has 118 valence electrons. The summed E-state index contributed by atoms with van der Waals surface area (Å²) in [6, 6.07) is 2.00. The highest BCUT2D eigenvalue weighted by atomic mass is 32.1. The lowest BCUT2D eigenvalue weighted by Crippen LogP contribution is -2.28. The van der Waals surface area contributed by atoms with Gasteiger partial charge >= 0.3 is 5.97 Å². The Morgan fingerprint density at radius 2 is 2.00 bits per heavy atom. The molecule has 0 spiro atoms. The first-order chi connectivity index (χ1) is 10.0. The number of carbonyl (C=O) groups excluding carboxylic acids is 2. The Balaban J connectivity index is 2.67. The van der Waals surface area contributed by atoms with E-state index in [1.54, 1.807) is 30.2 Å². The highest BCUT2D eigenvalue weighted by Gasteiger charge is 2.17. The quantitative estimate of drug-likeness (QED) is 0.692. The van der Waals surface area contributed by atoms with Crippen molar-refractivity contribution in [1.29, 1.82) is 0 Å². The number of hydrogen-bond donors (Lipinski definition) is 0. The summed E-state index contributed by atoms with van der Waals surface area (Å²) in [7, 11) is 1.73. The van der Waals surface area contributed by atoms with Crippen LogP contribution in [0, 0.1) is 0 Å². The van der Waals surface area contributed by atoms with Gasteiger partial charge in [-0.05, 0) is 31.4 Å². The lowest BCUT2D eigenvalue weighted by molar-refractivity contribution is -0.143. The van der Waals surface area contributed by atoms with E-state index in [-0.39, 0.29) is 18.3 Å². The topological polar surface area (TPSA) is 46.6 Å². The molecule has 0 aromatic carbocycles. The molecule has 0 fully saturated rings. The highest BCUT2D eigenvalue weighted by molar-refractivity contribution is 7.14. The summed E-state index contributed by atoms with van der Waals surface area (Å²) < 4.78 is 4.88. The van der Waals surface area contributed by atoms with Crippen molar-refractivity contribution in [3.63, 3.8) is 0 Å². The summed E-state index contributed by atoms with van der Waals surface area (Å²) in [5.74, 6) is -0.273. The van der Waals surface area contributed by atoms with Gasteiger partial charge < -0.3 is 9.64 Å². The van der Waals surface area contributed by atoms with Crippen molar-refractivity contribution < 1.29 is 14.3 Å². The molecule has 1 amide bonds. The van der Waals surface area contributed by atoms with Crippen LogP contribution in [0.3, 0.4) is 0 Å². The van der Waals surface area contributed by atoms with Crippen LogP contribution in [0.4, 0.5) is 0 Å². The number of carbonyl (C=O) groups is 2. The Hall–Kier alpha value is -1.36. The number of esters is 1. The average Bonchev–Trinajstić information content (AvgIpc) is 2.87. The minimum atomic E-state index is -0.260. The summed E-state index contributed by atoms with van der Waals surface area (Å²) in [6.07, 6.45) is 3.29. The van der Waals surface area contributed by atoms with Crippen molar-refractivity contribution in [2.75, 3.05) is 20.2 Å². The maximum atomic E-state index is 12.4. The first kappa shape index (κ1) is 17.7. The van der Waals surface area contributed by atoms with Crippen LogP contribution in [0.2, 0.25) is 0 Å². The zero-order valence-corrected chi connectivity index (χ0v) is 14.2. The lowest BCUT2D eigenvalue weighted by atomic mass is 10.1. The van der Waals surface area contributed by atoms with E-state index in [9.17, 15) is 9.59 Å². The average molecular weight is 311 g/mol. The molecule has 0 aliphatic rings. The minimum Gasteiger partial charge on any atom is -0.466 e. The van der Waals surface area contributed by atoms with Crippen LogP contribution in [0.15, 0.2) is 6.07 Å². The summed E-state index contributed by atoms with van der Waals surface area (Å²) in [5, 5.41) is 0. The molecule has 1 aromatic heterocycles. The van der Waals surface area contributed by atoms with Crippen molar-refractivity contribution in [2.45, 2.75) is 46.5 Å². The Bertz CT molecular complexity index is 482. The molecule has 21 heavy (non-hydrogen) atoms. The molecule has 0 saturated carbocycles. The summed E-state index contributed by atoms with van der Waals surface area (Å²) in [4.78, 5) is 27.4. The van der Waals surface area contributed by atoms with Crippen LogP contribution in [-0.4, -0.2) is 37.0 Å². The van der Waals surface area contributed by atoms with Crippen LogP contribution < -0.4 is 0 Å². The molecule has 4 nitrogen and oxygen atoms in total. The molecule has 1 heterocycles. The SMILES string of the molecule is CCCc1sc(C(=O)N(C)CCC(=O)OCC)cc1CC. The van der Waals surface area contributed by atoms with Crippen molar-refractivity contribution >= 4 is 23.2 Å². The number of thiophene rings is 1. The fourth-order valence-corrected chi connectivity index (χ4v) is 3.44. The van der Waals surface area contributed by atoms with Gasteiger partial charge in [-0.3, -0.25) is 9.59 Å². The third kappa shape index (κ3) is 5.16. The standard InChI is InChI=1S/C16H25NO3S/c1-5-8-13-12(6-2)11-14(21-13)16(19)17(4)10-9-15(18)20-7-3/h11H,5-10H2,1-4H3. The van der Waals surface area contributed by atoms with E-state index >= 15 is 0 Å². The second-order valence-corrected chi connectivity index (χ2v) is 6.08. The number of amides is 1. The van der Waals surface area contributed by atoms with E-state index in [4.69, 9.17) is 4.74 Å². The van der Waals surface area contributed by atoms with E-state index in [1.807, 2.05) is 6.07 Å². The van der Waals surface area contributed by atoms with Gasteiger partial charge in [-0.2, -0.15) is 0 Å². The van der Waals surface area contributed by atoms with Crippen molar-refractivity contribution in [3.05, 3.63) is 21.4 Å². The maximum absolute atomic E-state index is 12.4. The number of rotatable bonds is 8. The highest BCUT2D eigenvalue weighted by Crippen LogP contribution is 2.25. The van der Waals surface area contributed by atoms with E-state index in [2.05, 4.69) is 13.8 Å². The van der Waals surface area contributed by atoms with Crippen LogP contribution in [0.1, 0.15) is 53.7 Å². The second-order valence-electron chi connectivity index (χ2n) is 4.94. The van der Waals surface area contributed by atoms with Crippen LogP contribution in [0.5, 0.6) is 0 Å². The van der Waals surface area contributed by atoms with Crippen LogP contribution in [0.25, 0.3) is 0 Å². The molecule has 0 bridgehead atoms. The van der Waals surface area contributed by atoms with E-state index < -0.39 is 0 Å². The van der Waals surface area contributed by atoms with E-state index in [1.165, 1.54) is 10.4 Å². The van der Waals surface area contributed by atoms with E-state index in [0.717, 1.165) is 24.1 Å². The number of nitrogens with zero attached hydrogens (tertiary/aromatic N) is 1. The fraction of sp³-hybridized carbons (Fsp3) is 0.625. The Kier molecular flexibility index (Phi) is 7.43. The third-order valence-corrected chi connectivity index (χ3v) is 4.49. The zero-order valence-electron chi connectivity index (χ0n) is 13.4. The van der Waals surface area contributed by atoms with Gasteiger partial charge in [0.15, 0.2) is 0 Å². The van der Waals surface area contributed by atoms with Gasteiger partial charge in [0.05, 0.1) is 17.9 Å². The largest absolute Gasteiger partial charge is 0.466 e. The Morgan fingerprint density at radius 1 is 1.29 bits per heavy atom. The molecular formula is C16H25NO3S. The zero-order chi connectivity index (χ0) is 15.8. The molecule has 0 atom stereocenters. The summed E-state index contributed by atoms with van der Waals surface area (Å²) in [5.41, 5.74) is 1.27. The summed E-state index contributed by atoms with van der Waals surface area (Å²) in [6.45, 7) is 6.80. The monoisotopic (exact) mass is 311 g/mol. The van der Waals surface area contributed by atoms with Gasteiger partial charge in [0.2, 0.25) is 0 Å². The van der Waals surface area contributed by atoms with Gasteiger partial charge in [-0.1, -0.05) is 20.3 Å². The molecule has 1 aromatic rings. The predicted octanol–water partition coefficient (Wildman–Crippen LogP) is 3.29. The molecule has 0 N–H and O–H groups in total. The molecule has 5 heteroatoms. The summed E-state index contributed by atoms with van der Waals surface area (Å²) >= 11 is 1.58. The third-order valence-electron chi connectivity index (χ3n) is 3.27. The van der Waals surface area contributed by atoms with Gasteiger partial charge in [0.1, 0.15) is 0 Å². The van der Waals surface area contributed by atoms with Gasteiger partial charge in [0.25, 0.3) is 5.91 Å². The van der Waals surface area contributed by atoms with Crippen molar-refractivity contribution in [2.24, 2.45) is 0 Å². The second kappa shape index (κ2) is 8.82. The maximum Gasteiger partial charge on any atom is 0.307 e. The molecule has 0 saturated heterocycles. The van der Waals surface area contributed by atoms with Gasteiger partial charge in [0, 0.05) is 18.5 Å². The molecule has 0 aliphatic heterocycles. The number of ether oxygens (including phenoxy) is 1. The molecular weight excluding hydrogens is 286 g/mol. The number of hydrogen-bond acceptors (Lipinski definition) is 4. The van der Waals surface area contributed by atoms with Gasteiger partial charge in [-0.25, -0.2) is 0 Å². The van der Waals surface area contributed by atoms with Crippen molar-refractivity contribution in [3.8, 4) is 0 Å². The molecule has 0 radical (unpaired) electrons. The van der Waals surface area contributed by atoms with Crippen LogP contribution in [-0.2, 0) is 22.4 Å². The van der Waals surface area contributed by atoms with E-state index in [0.29, 0.717) is 13.2 Å². The normalized spacial score (nSPS) is 10.5. The van der Waals surface area contributed by atoms with Gasteiger partial charge in [-0.15, -0.1) is 11.3 Å². The molecule has 0 unspecified atom stereocenters. The molecule has 1 rings (SSSR count). The predicted molar refractivity (Wildman–Crippen MR) is 85.9 cm³/mol. The first-order valence-electron chi connectivity index (χ1n) is 7.56. The Labute approximate surface area is 131 Å². The van der Waals surface area contributed by atoms with Crippen LogP contribution >= 0.6 is 11.3 Å². The fourth-order valence-electron chi connectivity index (χ4n) is 2.09. The minimum absolute atomic E-state index is 0.0126. The molecule has 0 aliphatic carbocycles.